The first-order valence-electron chi connectivity index (χ1n) is 6.75. The average Bonchev–Trinajstić information content (AvgIpc) is 3.04. The Bertz CT molecular complexity index is 959. The van der Waals surface area contributed by atoms with Gasteiger partial charge in [0.05, 0.1) is 16.1 Å². The van der Waals surface area contributed by atoms with Gasteiger partial charge < -0.3 is 4.42 Å². The van der Waals surface area contributed by atoms with Crippen LogP contribution in [0.4, 0.5) is 0 Å². The van der Waals surface area contributed by atoms with Gasteiger partial charge in [-0.2, -0.15) is 0 Å². The van der Waals surface area contributed by atoms with E-state index < -0.39 is 0 Å². The Morgan fingerprint density at radius 3 is 2.41 bits per heavy atom. The molecule has 0 amide bonds. The largest absolute Gasteiger partial charge is 0.416 e. The highest BCUT2D eigenvalue weighted by atomic mass is 35.5. The molecule has 0 aliphatic rings. The van der Waals surface area contributed by atoms with E-state index in [1.165, 1.54) is 0 Å². The van der Waals surface area contributed by atoms with Crippen LogP contribution in [0.15, 0.2) is 65.2 Å². The van der Waals surface area contributed by atoms with Crippen molar-refractivity contribution in [2.75, 3.05) is 0 Å². The number of benzene rings is 2. The first kappa shape index (κ1) is 13.0. The van der Waals surface area contributed by atoms with Crippen molar-refractivity contribution in [3.05, 3.63) is 65.8 Å². The third-order valence-electron chi connectivity index (χ3n) is 3.41. The molecular formula is C17H10ClN3O. The molecule has 0 radical (unpaired) electrons. The van der Waals surface area contributed by atoms with Crippen molar-refractivity contribution >= 4 is 22.5 Å². The minimum Gasteiger partial charge on any atom is -0.416 e. The highest BCUT2D eigenvalue weighted by Gasteiger charge is 2.14. The van der Waals surface area contributed by atoms with Crippen LogP contribution in [0.5, 0.6) is 0 Å². The second kappa shape index (κ2) is 5.24. The smallest absolute Gasteiger partial charge is 0.249 e. The summed E-state index contributed by atoms with van der Waals surface area (Å²) < 4.78 is 5.81. The van der Waals surface area contributed by atoms with E-state index in [1.807, 2.05) is 48.5 Å². The predicted octanol–water partition coefficient (Wildman–Crippen LogP) is 4.61. The topological polar surface area (TPSA) is 51.8 Å². The van der Waals surface area contributed by atoms with E-state index in [9.17, 15) is 0 Å². The van der Waals surface area contributed by atoms with Crippen LogP contribution in [0.1, 0.15) is 0 Å². The van der Waals surface area contributed by atoms with Gasteiger partial charge in [-0.1, -0.05) is 35.9 Å². The third kappa shape index (κ3) is 2.14. The van der Waals surface area contributed by atoms with E-state index in [1.54, 1.807) is 12.3 Å². The summed E-state index contributed by atoms with van der Waals surface area (Å²) >= 11 is 6.17. The summed E-state index contributed by atoms with van der Waals surface area (Å²) in [7, 11) is 0. The maximum Gasteiger partial charge on any atom is 0.249 e. The van der Waals surface area contributed by atoms with Gasteiger partial charge in [0, 0.05) is 17.1 Å². The van der Waals surface area contributed by atoms with E-state index in [-0.39, 0.29) is 0 Å². The minimum atomic E-state index is 0.404. The Labute approximate surface area is 131 Å². The molecule has 0 aliphatic carbocycles. The summed E-state index contributed by atoms with van der Waals surface area (Å²) in [5, 5.41) is 9.81. The highest BCUT2D eigenvalue weighted by molar-refractivity contribution is 6.33. The highest BCUT2D eigenvalue weighted by Crippen LogP contribution is 2.31. The van der Waals surface area contributed by atoms with Crippen molar-refractivity contribution in [3.63, 3.8) is 0 Å². The molecule has 2 heterocycles. The van der Waals surface area contributed by atoms with Crippen LogP contribution in [0.2, 0.25) is 5.02 Å². The lowest BCUT2D eigenvalue weighted by Gasteiger charge is -2.01. The zero-order chi connectivity index (χ0) is 14.9. The molecule has 2 aromatic carbocycles. The van der Waals surface area contributed by atoms with Gasteiger partial charge in [0.25, 0.3) is 0 Å². The normalized spacial score (nSPS) is 11.0. The Kier molecular flexibility index (Phi) is 3.09. The Morgan fingerprint density at radius 2 is 1.55 bits per heavy atom. The molecule has 5 heteroatoms. The lowest BCUT2D eigenvalue weighted by Crippen LogP contribution is -1.83. The third-order valence-corrected chi connectivity index (χ3v) is 3.73. The Balaban J connectivity index is 1.86. The minimum absolute atomic E-state index is 0.404. The fourth-order valence-corrected chi connectivity index (χ4v) is 2.58. The molecule has 0 saturated heterocycles. The van der Waals surface area contributed by atoms with E-state index in [0.29, 0.717) is 16.8 Å². The summed E-state index contributed by atoms with van der Waals surface area (Å²) in [6, 6.07) is 17.1. The van der Waals surface area contributed by atoms with Crippen molar-refractivity contribution in [2.24, 2.45) is 0 Å². The number of aromatic nitrogens is 3. The summed E-state index contributed by atoms with van der Waals surface area (Å²) in [5.41, 5.74) is 2.47. The van der Waals surface area contributed by atoms with Crippen LogP contribution in [0, 0.1) is 0 Å². The van der Waals surface area contributed by atoms with Crippen LogP contribution in [0.25, 0.3) is 33.8 Å². The molecule has 0 bridgehead atoms. The quantitative estimate of drug-likeness (QED) is 0.543. The van der Waals surface area contributed by atoms with Gasteiger partial charge in [0.15, 0.2) is 0 Å². The summed E-state index contributed by atoms with van der Waals surface area (Å²) in [5.74, 6) is 0.856. The van der Waals surface area contributed by atoms with E-state index in [2.05, 4.69) is 15.2 Å². The van der Waals surface area contributed by atoms with Crippen LogP contribution in [-0.4, -0.2) is 15.2 Å². The van der Waals surface area contributed by atoms with Crippen LogP contribution in [-0.2, 0) is 0 Å². The van der Waals surface area contributed by atoms with Crippen LogP contribution in [0.3, 0.4) is 0 Å². The second-order valence-electron chi connectivity index (χ2n) is 4.77. The first-order chi connectivity index (χ1) is 10.8. The lowest BCUT2D eigenvalue weighted by molar-refractivity contribution is 0.585. The molecule has 0 N–H and O–H groups in total. The van der Waals surface area contributed by atoms with E-state index in [4.69, 9.17) is 16.0 Å². The fraction of sp³-hybridized carbons (Fsp3) is 0. The summed E-state index contributed by atoms with van der Waals surface area (Å²) in [6.07, 6.45) is 1.76. The molecule has 22 heavy (non-hydrogen) atoms. The Morgan fingerprint density at radius 1 is 0.773 bits per heavy atom. The number of hydrogen-bond acceptors (Lipinski definition) is 4. The van der Waals surface area contributed by atoms with Gasteiger partial charge in [-0.25, -0.2) is 0 Å². The van der Waals surface area contributed by atoms with Gasteiger partial charge in [-0.3, -0.25) is 4.98 Å². The molecule has 4 aromatic rings. The van der Waals surface area contributed by atoms with E-state index >= 15 is 0 Å². The predicted molar refractivity (Wildman–Crippen MR) is 85.5 cm³/mol. The van der Waals surface area contributed by atoms with Crippen LogP contribution >= 0.6 is 11.6 Å². The van der Waals surface area contributed by atoms with Crippen molar-refractivity contribution in [3.8, 4) is 22.9 Å². The van der Waals surface area contributed by atoms with Crippen molar-refractivity contribution in [1.29, 1.82) is 0 Å². The second-order valence-corrected chi connectivity index (χ2v) is 5.18. The van der Waals surface area contributed by atoms with Gasteiger partial charge in [-0.15, -0.1) is 10.2 Å². The van der Waals surface area contributed by atoms with Crippen molar-refractivity contribution in [2.45, 2.75) is 0 Å². The SMILES string of the molecule is Clc1ccccc1-c1nnc(-c2cccc3ncccc23)o1. The molecule has 2 aromatic heterocycles. The molecular weight excluding hydrogens is 298 g/mol. The van der Waals surface area contributed by atoms with Crippen molar-refractivity contribution < 1.29 is 4.42 Å². The molecule has 0 aliphatic heterocycles. The zero-order valence-electron chi connectivity index (χ0n) is 11.4. The molecule has 4 nitrogen and oxygen atoms in total. The first-order valence-corrected chi connectivity index (χ1v) is 7.13. The number of pyridine rings is 1. The van der Waals surface area contributed by atoms with Crippen LogP contribution < -0.4 is 0 Å². The Hall–Kier alpha value is -2.72. The number of rotatable bonds is 2. The van der Waals surface area contributed by atoms with Crippen molar-refractivity contribution in [1.82, 2.24) is 15.2 Å². The molecule has 0 saturated carbocycles. The fourth-order valence-electron chi connectivity index (χ4n) is 2.37. The van der Waals surface area contributed by atoms with Gasteiger partial charge >= 0.3 is 0 Å². The number of nitrogens with zero attached hydrogens (tertiary/aromatic N) is 3. The standard InChI is InChI=1S/C17H10ClN3O/c18-14-8-2-1-5-13(14)17-21-20-16(22-17)12-6-3-9-15-11(12)7-4-10-19-15/h1-10H. The molecule has 0 atom stereocenters. The molecule has 0 unspecified atom stereocenters. The molecule has 106 valence electrons. The number of fused-ring (bicyclic) bond motifs is 1. The maximum atomic E-state index is 6.17. The average molecular weight is 308 g/mol. The lowest BCUT2D eigenvalue weighted by atomic mass is 10.1. The number of halogens is 1. The van der Waals surface area contributed by atoms with Gasteiger partial charge in [-0.05, 0) is 30.3 Å². The van der Waals surface area contributed by atoms with E-state index in [0.717, 1.165) is 22.0 Å². The summed E-state index contributed by atoms with van der Waals surface area (Å²) in [4.78, 5) is 4.34. The summed E-state index contributed by atoms with van der Waals surface area (Å²) in [6.45, 7) is 0. The maximum absolute atomic E-state index is 6.17. The monoisotopic (exact) mass is 307 g/mol. The molecule has 0 spiro atoms. The molecule has 4 rings (SSSR count). The molecule has 0 fully saturated rings. The van der Waals surface area contributed by atoms with Gasteiger partial charge in [0.2, 0.25) is 11.8 Å². The van der Waals surface area contributed by atoms with Gasteiger partial charge in [0.1, 0.15) is 0 Å². The zero-order valence-corrected chi connectivity index (χ0v) is 12.2. The number of hydrogen-bond donors (Lipinski definition) is 0.